The Kier molecular flexibility index (Phi) is 6.73. The molecule has 104 valence electrons. The summed E-state index contributed by atoms with van der Waals surface area (Å²) < 4.78 is 0. The summed E-state index contributed by atoms with van der Waals surface area (Å²) in [5.74, 6) is -0.803. The molecule has 0 saturated heterocycles. The number of hydrogen-bond donors (Lipinski definition) is 2. The zero-order chi connectivity index (χ0) is 14.3. The molecule has 0 aromatic heterocycles. The number of hydrogen-bond acceptors (Lipinski definition) is 3. The van der Waals surface area contributed by atoms with Crippen LogP contribution in [-0.4, -0.2) is 28.8 Å². The maximum Gasteiger partial charge on any atom is 0.305 e. The topological polar surface area (TPSA) is 66.4 Å². The standard InChI is InChI=1S/C13H16ClNO3S/c1-2-10(7-13(17)18)15-12(16)8-19-11-5-3-9(14)4-6-11/h3-6,10H,2,7-8H2,1H3,(H,15,16)(H,17,18). The van der Waals surface area contributed by atoms with Gasteiger partial charge in [0.05, 0.1) is 12.2 Å². The monoisotopic (exact) mass is 301 g/mol. The van der Waals surface area contributed by atoms with Gasteiger partial charge in [-0.15, -0.1) is 11.8 Å². The Morgan fingerprint density at radius 2 is 2.00 bits per heavy atom. The van der Waals surface area contributed by atoms with E-state index in [0.29, 0.717) is 11.4 Å². The van der Waals surface area contributed by atoms with Crippen LogP contribution >= 0.6 is 23.4 Å². The summed E-state index contributed by atoms with van der Waals surface area (Å²) >= 11 is 7.16. The zero-order valence-corrected chi connectivity index (χ0v) is 12.1. The molecule has 0 radical (unpaired) electrons. The van der Waals surface area contributed by atoms with E-state index in [2.05, 4.69) is 5.32 Å². The van der Waals surface area contributed by atoms with E-state index in [-0.39, 0.29) is 24.1 Å². The molecular weight excluding hydrogens is 286 g/mol. The molecule has 0 saturated carbocycles. The summed E-state index contributed by atoms with van der Waals surface area (Å²) in [5.41, 5.74) is 0. The van der Waals surface area contributed by atoms with Gasteiger partial charge in [-0.3, -0.25) is 9.59 Å². The zero-order valence-electron chi connectivity index (χ0n) is 10.6. The average molecular weight is 302 g/mol. The van der Waals surface area contributed by atoms with Gasteiger partial charge in [0.15, 0.2) is 0 Å². The Hall–Kier alpha value is -1.20. The SMILES string of the molecule is CCC(CC(=O)O)NC(=O)CSc1ccc(Cl)cc1. The van der Waals surface area contributed by atoms with Crippen LogP contribution in [0.1, 0.15) is 19.8 Å². The normalized spacial score (nSPS) is 11.9. The molecule has 1 atom stereocenters. The lowest BCUT2D eigenvalue weighted by Gasteiger charge is -2.14. The Morgan fingerprint density at radius 3 is 2.53 bits per heavy atom. The number of carboxylic acids is 1. The predicted octanol–water partition coefficient (Wildman–Crippen LogP) is 2.80. The number of aliphatic carboxylic acids is 1. The third kappa shape index (κ3) is 6.50. The predicted molar refractivity (Wildman–Crippen MR) is 76.7 cm³/mol. The summed E-state index contributed by atoms with van der Waals surface area (Å²) in [6.45, 7) is 1.85. The van der Waals surface area contributed by atoms with Gasteiger partial charge in [0, 0.05) is 16.0 Å². The summed E-state index contributed by atoms with van der Waals surface area (Å²) in [5, 5.41) is 12.1. The lowest BCUT2D eigenvalue weighted by Crippen LogP contribution is -2.37. The molecule has 1 unspecified atom stereocenters. The van der Waals surface area contributed by atoms with Crippen molar-refractivity contribution in [3.05, 3.63) is 29.3 Å². The van der Waals surface area contributed by atoms with Crippen LogP contribution < -0.4 is 5.32 Å². The van der Waals surface area contributed by atoms with Crippen molar-refractivity contribution in [1.29, 1.82) is 0 Å². The van der Waals surface area contributed by atoms with E-state index in [4.69, 9.17) is 16.7 Å². The van der Waals surface area contributed by atoms with Gasteiger partial charge in [-0.25, -0.2) is 0 Å². The second-order valence-electron chi connectivity index (χ2n) is 4.01. The molecule has 0 bridgehead atoms. The maximum absolute atomic E-state index is 11.7. The fraction of sp³-hybridized carbons (Fsp3) is 0.385. The number of thioether (sulfide) groups is 1. The lowest BCUT2D eigenvalue weighted by molar-refractivity contribution is -0.137. The van der Waals surface area contributed by atoms with Crippen LogP contribution in [-0.2, 0) is 9.59 Å². The highest BCUT2D eigenvalue weighted by atomic mass is 35.5. The Labute approximate surface area is 121 Å². The minimum atomic E-state index is -0.905. The minimum Gasteiger partial charge on any atom is -0.481 e. The Bertz CT molecular complexity index is 436. The van der Waals surface area contributed by atoms with Crippen molar-refractivity contribution in [3.8, 4) is 0 Å². The highest BCUT2D eigenvalue weighted by molar-refractivity contribution is 8.00. The van der Waals surface area contributed by atoms with Gasteiger partial charge in [0.2, 0.25) is 5.91 Å². The molecule has 4 nitrogen and oxygen atoms in total. The number of carbonyl (C=O) groups excluding carboxylic acids is 1. The van der Waals surface area contributed by atoms with Gasteiger partial charge < -0.3 is 10.4 Å². The van der Waals surface area contributed by atoms with E-state index in [9.17, 15) is 9.59 Å². The van der Waals surface area contributed by atoms with Crippen LogP contribution in [0.2, 0.25) is 5.02 Å². The van der Waals surface area contributed by atoms with Crippen molar-refractivity contribution in [1.82, 2.24) is 5.32 Å². The summed E-state index contributed by atoms with van der Waals surface area (Å²) in [4.78, 5) is 23.2. The minimum absolute atomic E-state index is 0.0478. The molecule has 6 heteroatoms. The van der Waals surface area contributed by atoms with E-state index >= 15 is 0 Å². The van der Waals surface area contributed by atoms with Gasteiger partial charge in [-0.05, 0) is 30.7 Å². The molecule has 0 spiro atoms. The lowest BCUT2D eigenvalue weighted by atomic mass is 10.1. The van der Waals surface area contributed by atoms with Crippen LogP contribution in [0.3, 0.4) is 0 Å². The first-order valence-corrected chi connectivity index (χ1v) is 7.27. The number of carboxylic acid groups (broad SMARTS) is 1. The molecule has 19 heavy (non-hydrogen) atoms. The van der Waals surface area contributed by atoms with Crippen LogP contribution in [0.5, 0.6) is 0 Å². The van der Waals surface area contributed by atoms with E-state index in [1.807, 2.05) is 19.1 Å². The fourth-order valence-corrected chi connectivity index (χ4v) is 2.29. The molecule has 1 aromatic rings. The van der Waals surface area contributed by atoms with Gasteiger partial charge >= 0.3 is 5.97 Å². The van der Waals surface area contributed by atoms with Crippen molar-refractivity contribution in [3.63, 3.8) is 0 Å². The van der Waals surface area contributed by atoms with Crippen molar-refractivity contribution in [2.75, 3.05) is 5.75 Å². The van der Waals surface area contributed by atoms with E-state index in [0.717, 1.165) is 4.90 Å². The van der Waals surface area contributed by atoms with Crippen LogP contribution in [0.15, 0.2) is 29.2 Å². The van der Waals surface area contributed by atoms with Crippen LogP contribution in [0.25, 0.3) is 0 Å². The van der Waals surface area contributed by atoms with Gasteiger partial charge in [-0.1, -0.05) is 18.5 Å². The van der Waals surface area contributed by atoms with Crippen molar-refractivity contribution >= 4 is 35.2 Å². The average Bonchev–Trinajstić information content (AvgIpc) is 2.36. The molecule has 1 aromatic carbocycles. The Morgan fingerprint density at radius 1 is 1.37 bits per heavy atom. The second-order valence-corrected chi connectivity index (χ2v) is 5.50. The first-order valence-electron chi connectivity index (χ1n) is 5.90. The number of benzene rings is 1. The van der Waals surface area contributed by atoms with Crippen molar-refractivity contribution < 1.29 is 14.7 Å². The van der Waals surface area contributed by atoms with Crippen molar-refractivity contribution in [2.45, 2.75) is 30.7 Å². The molecule has 1 amide bonds. The number of rotatable bonds is 7. The summed E-state index contributed by atoms with van der Waals surface area (Å²) in [7, 11) is 0. The summed E-state index contributed by atoms with van der Waals surface area (Å²) in [6, 6.07) is 6.90. The van der Waals surface area contributed by atoms with Crippen LogP contribution in [0.4, 0.5) is 0 Å². The first-order chi connectivity index (χ1) is 9.01. The quantitative estimate of drug-likeness (QED) is 0.760. The van der Waals surface area contributed by atoms with Gasteiger partial charge in [-0.2, -0.15) is 0 Å². The largest absolute Gasteiger partial charge is 0.481 e. The first kappa shape index (κ1) is 15.9. The third-order valence-corrected chi connectivity index (χ3v) is 3.73. The van der Waals surface area contributed by atoms with E-state index in [1.54, 1.807) is 12.1 Å². The maximum atomic E-state index is 11.7. The molecule has 2 N–H and O–H groups in total. The number of nitrogens with one attached hydrogen (secondary N) is 1. The molecule has 0 aliphatic carbocycles. The molecule has 0 heterocycles. The molecular formula is C13H16ClNO3S. The Balaban J connectivity index is 2.38. The van der Waals surface area contributed by atoms with E-state index in [1.165, 1.54) is 11.8 Å². The molecule has 0 aliphatic heterocycles. The third-order valence-electron chi connectivity index (χ3n) is 2.46. The smallest absolute Gasteiger partial charge is 0.305 e. The highest BCUT2D eigenvalue weighted by Crippen LogP contribution is 2.20. The number of carbonyl (C=O) groups is 2. The molecule has 0 aliphatic rings. The molecule has 0 fully saturated rings. The van der Waals surface area contributed by atoms with Gasteiger partial charge in [0.25, 0.3) is 0 Å². The van der Waals surface area contributed by atoms with Crippen LogP contribution in [0, 0.1) is 0 Å². The fourth-order valence-electron chi connectivity index (χ4n) is 1.46. The molecule has 1 rings (SSSR count). The highest BCUT2D eigenvalue weighted by Gasteiger charge is 2.13. The summed E-state index contributed by atoms with van der Waals surface area (Å²) in [6.07, 6.45) is 0.553. The second kappa shape index (κ2) is 8.07. The van der Waals surface area contributed by atoms with Gasteiger partial charge in [0.1, 0.15) is 0 Å². The number of amides is 1. The number of halogens is 1. The van der Waals surface area contributed by atoms with Crippen molar-refractivity contribution in [2.24, 2.45) is 0 Å². The van der Waals surface area contributed by atoms with E-state index < -0.39 is 5.97 Å².